The Bertz CT molecular complexity index is 1430. The van der Waals surface area contributed by atoms with E-state index in [1.54, 1.807) is 45.0 Å². The summed E-state index contributed by atoms with van der Waals surface area (Å²) < 4.78 is 17.5. The number of carbonyl (C=O) groups excluding carboxylic acids is 3. The number of nitrogens with zero attached hydrogens (tertiary/aromatic N) is 2. The maximum Gasteiger partial charge on any atom is 0.408 e. The van der Waals surface area contributed by atoms with Crippen molar-refractivity contribution in [3.8, 4) is 5.75 Å². The highest BCUT2D eigenvalue weighted by molar-refractivity contribution is 5.98. The first-order chi connectivity index (χ1) is 20.7. The Labute approximate surface area is 263 Å². The van der Waals surface area contributed by atoms with Crippen molar-refractivity contribution >= 4 is 29.7 Å². The van der Waals surface area contributed by atoms with Gasteiger partial charge < -0.3 is 39.8 Å². The van der Waals surface area contributed by atoms with Crippen LogP contribution in [0, 0.1) is 0 Å². The predicted molar refractivity (Wildman–Crippen MR) is 168 cm³/mol. The van der Waals surface area contributed by atoms with Crippen LogP contribution in [0.15, 0.2) is 67.1 Å². The molecule has 13 nitrogen and oxygen atoms in total. The molecule has 0 fully saturated rings. The molecule has 45 heavy (non-hydrogen) atoms. The van der Waals surface area contributed by atoms with E-state index in [0.29, 0.717) is 11.3 Å². The molecule has 244 valence electrons. The van der Waals surface area contributed by atoms with Gasteiger partial charge in [0.25, 0.3) is 5.91 Å². The lowest BCUT2D eigenvalue weighted by Crippen LogP contribution is -2.59. The number of carboxylic acid groups (broad SMARTS) is 1. The first-order valence-electron chi connectivity index (χ1n) is 13.8. The van der Waals surface area contributed by atoms with Crippen molar-refractivity contribution in [2.24, 2.45) is 0 Å². The third-order valence-electron chi connectivity index (χ3n) is 6.22. The van der Waals surface area contributed by atoms with E-state index in [4.69, 9.17) is 14.2 Å². The second-order valence-electron chi connectivity index (χ2n) is 11.5. The number of carboxylic acids is 1. The molecule has 1 aromatic heterocycles. The minimum absolute atomic E-state index is 0. The van der Waals surface area contributed by atoms with Gasteiger partial charge in [-0.2, -0.15) is 0 Å². The van der Waals surface area contributed by atoms with Crippen LogP contribution in [0.1, 0.15) is 59.2 Å². The molecule has 4 N–H and O–H groups in total. The highest BCUT2D eigenvalue weighted by Crippen LogP contribution is 2.23. The third-order valence-corrected chi connectivity index (χ3v) is 6.22. The van der Waals surface area contributed by atoms with E-state index in [2.05, 4.69) is 20.9 Å². The van der Waals surface area contributed by atoms with Gasteiger partial charge >= 0.3 is 12.1 Å². The summed E-state index contributed by atoms with van der Waals surface area (Å²) in [6.07, 6.45) is 1.86. The number of hydrogen-bond donors (Lipinski definition) is 4. The Balaban J connectivity index is 0.00000705. The van der Waals surface area contributed by atoms with Gasteiger partial charge in [-0.05, 0) is 57.9 Å². The Morgan fingerprint density at radius 1 is 0.978 bits per heavy atom. The molecule has 0 spiro atoms. The normalized spacial score (nSPS) is 12.6. The van der Waals surface area contributed by atoms with Crippen LogP contribution in [0.3, 0.4) is 0 Å². The van der Waals surface area contributed by atoms with E-state index in [0.717, 1.165) is 5.56 Å². The number of imidazole rings is 1. The van der Waals surface area contributed by atoms with Crippen LogP contribution in [0.2, 0.25) is 0 Å². The summed E-state index contributed by atoms with van der Waals surface area (Å²) in [6, 6.07) is 13.5. The molecule has 0 aliphatic rings. The zero-order chi connectivity index (χ0) is 32.5. The number of ether oxygens (including phenoxy) is 3. The van der Waals surface area contributed by atoms with E-state index in [9.17, 15) is 24.3 Å². The molecule has 0 saturated carbocycles. The van der Waals surface area contributed by atoms with Crippen LogP contribution in [-0.2, 0) is 30.5 Å². The first kappa shape index (κ1) is 36.3. The molecule has 3 rings (SSSR count). The van der Waals surface area contributed by atoms with Gasteiger partial charge in [-0.15, -0.1) is 0 Å². The molecule has 0 saturated heterocycles. The first-order valence-corrected chi connectivity index (χ1v) is 13.8. The van der Waals surface area contributed by atoms with Gasteiger partial charge in [0.15, 0.2) is 11.9 Å². The van der Waals surface area contributed by atoms with Gasteiger partial charge in [0.1, 0.15) is 22.9 Å². The highest BCUT2D eigenvalue weighted by Gasteiger charge is 2.35. The number of amides is 3. The predicted octanol–water partition coefficient (Wildman–Crippen LogP) is 4.15. The van der Waals surface area contributed by atoms with E-state index in [1.165, 1.54) is 38.0 Å². The zero-order valence-corrected chi connectivity index (χ0v) is 25.6. The summed E-state index contributed by atoms with van der Waals surface area (Å²) in [5.74, 6) is -1.83. The summed E-state index contributed by atoms with van der Waals surface area (Å²) in [4.78, 5) is 55.2. The fourth-order valence-electron chi connectivity index (χ4n) is 3.99. The van der Waals surface area contributed by atoms with Crippen molar-refractivity contribution in [1.29, 1.82) is 0 Å². The molecule has 0 aliphatic carbocycles. The number of aromatic nitrogens is 2. The Morgan fingerprint density at radius 2 is 1.62 bits per heavy atom. The number of aliphatic carboxylic acids is 1. The van der Waals surface area contributed by atoms with Crippen LogP contribution < -0.4 is 20.7 Å². The van der Waals surface area contributed by atoms with Crippen molar-refractivity contribution in [3.05, 3.63) is 78.2 Å². The molecule has 0 bridgehead atoms. The lowest BCUT2D eigenvalue weighted by atomic mass is 10.0. The number of nitrogens with one attached hydrogen (secondary N) is 3. The van der Waals surface area contributed by atoms with E-state index < -0.39 is 47.1 Å². The molecule has 3 aromatic rings. The molecule has 2 atom stereocenters. The largest absolute Gasteiger partial charge is 0.497 e. The minimum atomic E-state index is -1.45. The van der Waals surface area contributed by atoms with Gasteiger partial charge in [0.05, 0.1) is 26.7 Å². The fourth-order valence-corrected chi connectivity index (χ4v) is 3.99. The van der Waals surface area contributed by atoms with Gasteiger partial charge in [0, 0.05) is 6.20 Å². The number of anilines is 1. The Kier molecular flexibility index (Phi) is 12.7. The smallest absolute Gasteiger partial charge is 0.408 e. The molecule has 0 radical (unpaired) electrons. The summed E-state index contributed by atoms with van der Waals surface area (Å²) in [5, 5.41) is 17.7. The van der Waals surface area contributed by atoms with Crippen molar-refractivity contribution in [2.75, 3.05) is 19.0 Å². The number of benzene rings is 2. The van der Waals surface area contributed by atoms with E-state index >= 15 is 0 Å². The molecule has 1 unspecified atom stereocenters. The standard InChI is InChI=1S/C31H39N5O8.CH4/c1-30(2,3)44-29(41)35-31(4,5)28(40)33-23(18-43-17-20-10-8-7-9-11-20)26(37)34-24-16-36(19-32-24)25(27(38)39)21-12-14-22(42-6)15-13-21;/h7-16,19,23,25H,17-18H2,1-6H3,(H,33,40)(H,34,37)(H,35,41)(H,38,39);1H4/t23-,25?;/m1./s1. The third kappa shape index (κ3) is 10.9. The van der Waals surface area contributed by atoms with Crippen LogP contribution >= 0.6 is 0 Å². The summed E-state index contributed by atoms with van der Waals surface area (Å²) in [5.41, 5.74) is -0.898. The minimum Gasteiger partial charge on any atom is -0.497 e. The highest BCUT2D eigenvalue weighted by atomic mass is 16.6. The van der Waals surface area contributed by atoms with Crippen molar-refractivity contribution in [1.82, 2.24) is 20.2 Å². The summed E-state index contributed by atoms with van der Waals surface area (Å²) >= 11 is 0. The van der Waals surface area contributed by atoms with E-state index in [1.807, 2.05) is 30.3 Å². The van der Waals surface area contributed by atoms with Crippen LogP contribution in [-0.4, -0.2) is 69.4 Å². The molecule has 3 amide bonds. The average molecular weight is 626 g/mol. The van der Waals surface area contributed by atoms with Gasteiger partial charge in [-0.25, -0.2) is 14.6 Å². The monoisotopic (exact) mass is 625 g/mol. The number of methoxy groups -OCH3 is 1. The SMILES string of the molecule is C.COc1ccc(C(C(=O)O)n2cnc(NC(=O)[C@@H](COCc3ccccc3)NC(=O)C(C)(C)NC(=O)OC(C)(C)C)c2)cc1. The quantitative estimate of drug-likeness (QED) is 0.218. The topological polar surface area (TPSA) is 170 Å². The van der Waals surface area contributed by atoms with E-state index in [-0.39, 0.29) is 26.5 Å². The van der Waals surface area contributed by atoms with Gasteiger partial charge in [0.2, 0.25) is 5.91 Å². The molecule has 13 heteroatoms. The van der Waals surface area contributed by atoms with Crippen LogP contribution in [0.5, 0.6) is 5.75 Å². The van der Waals surface area contributed by atoms with Crippen molar-refractivity contribution < 1.29 is 38.5 Å². The number of hydrogen-bond acceptors (Lipinski definition) is 8. The second-order valence-corrected chi connectivity index (χ2v) is 11.5. The molecular weight excluding hydrogens is 582 g/mol. The lowest BCUT2D eigenvalue weighted by molar-refractivity contribution is -0.139. The molecule has 0 aliphatic heterocycles. The molecule has 2 aromatic carbocycles. The summed E-state index contributed by atoms with van der Waals surface area (Å²) in [7, 11) is 1.51. The van der Waals surface area contributed by atoms with Crippen LogP contribution in [0.25, 0.3) is 0 Å². The number of rotatable bonds is 13. The zero-order valence-electron chi connectivity index (χ0n) is 25.6. The van der Waals surface area contributed by atoms with Gasteiger partial charge in [-0.1, -0.05) is 49.9 Å². The van der Waals surface area contributed by atoms with Gasteiger partial charge in [-0.3, -0.25) is 9.59 Å². The number of carbonyl (C=O) groups is 4. The average Bonchev–Trinajstić information content (AvgIpc) is 3.39. The van der Waals surface area contributed by atoms with Crippen molar-refractivity contribution in [2.45, 2.75) is 71.9 Å². The molecule has 1 heterocycles. The Morgan fingerprint density at radius 3 is 2.20 bits per heavy atom. The fraction of sp³-hybridized carbons (Fsp3) is 0.406. The number of alkyl carbamates (subject to hydrolysis) is 1. The summed E-state index contributed by atoms with van der Waals surface area (Å²) in [6.45, 7) is 8.00. The second kappa shape index (κ2) is 15.7. The molecular formula is C32H43N5O8. The van der Waals surface area contributed by atoms with Crippen LogP contribution in [0.4, 0.5) is 10.6 Å². The maximum atomic E-state index is 13.4. The lowest BCUT2D eigenvalue weighted by Gasteiger charge is -2.29. The maximum absolute atomic E-state index is 13.4. The Hall–Kier alpha value is -4.91. The van der Waals surface area contributed by atoms with Crippen molar-refractivity contribution in [3.63, 3.8) is 0 Å².